The second-order valence-corrected chi connectivity index (χ2v) is 5.78. The number of anilines is 2. The molecule has 1 aromatic carbocycles. The predicted octanol–water partition coefficient (Wildman–Crippen LogP) is 2.42. The van der Waals surface area contributed by atoms with Crippen LogP contribution in [0.25, 0.3) is 0 Å². The maximum atomic E-state index is 11.1. The summed E-state index contributed by atoms with van der Waals surface area (Å²) in [6.45, 7) is 7.38. The van der Waals surface area contributed by atoms with Gasteiger partial charge in [0.25, 0.3) is 0 Å². The van der Waals surface area contributed by atoms with Crippen LogP contribution in [0.4, 0.5) is 17.2 Å². The average molecular weight is 343 g/mol. The molecule has 132 valence electrons. The zero-order chi connectivity index (χ0) is 17.8. The standard InChI is InChI=1S/C17H21N5O3/c1-3-25-16-12-14(4-5-15(16)22(23)24)20-8-10-21(11-9-20)17-6-7-18-13(2)19-17/h4-7,12H,3,8-11H2,1-2H3. The third-order valence-corrected chi connectivity index (χ3v) is 4.17. The van der Waals surface area contributed by atoms with Crippen LogP contribution < -0.4 is 14.5 Å². The van der Waals surface area contributed by atoms with Crippen molar-refractivity contribution in [3.8, 4) is 5.75 Å². The topological polar surface area (TPSA) is 84.6 Å². The molecule has 0 radical (unpaired) electrons. The van der Waals surface area contributed by atoms with Gasteiger partial charge in [0.1, 0.15) is 11.6 Å². The second-order valence-electron chi connectivity index (χ2n) is 5.78. The maximum Gasteiger partial charge on any atom is 0.311 e. The summed E-state index contributed by atoms with van der Waals surface area (Å²) >= 11 is 0. The van der Waals surface area contributed by atoms with Crippen LogP contribution in [0.2, 0.25) is 0 Å². The lowest BCUT2D eigenvalue weighted by Gasteiger charge is -2.36. The predicted molar refractivity (Wildman–Crippen MR) is 95.5 cm³/mol. The Kier molecular flexibility index (Phi) is 4.97. The van der Waals surface area contributed by atoms with E-state index in [1.54, 1.807) is 18.3 Å². The molecule has 0 unspecified atom stereocenters. The highest BCUT2D eigenvalue weighted by Gasteiger charge is 2.21. The summed E-state index contributed by atoms with van der Waals surface area (Å²) in [4.78, 5) is 23.7. The molecule has 1 fully saturated rings. The minimum atomic E-state index is -0.413. The van der Waals surface area contributed by atoms with Crippen molar-refractivity contribution in [3.63, 3.8) is 0 Å². The molecule has 0 spiro atoms. The molecular weight excluding hydrogens is 322 g/mol. The lowest BCUT2D eigenvalue weighted by Crippen LogP contribution is -2.46. The van der Waals surface area contributed by atoms with Gasteiger partial charge in [-0.05, 0) is 26.0 Å². The number of piperazine rings is 1. The van der Waals surface area contributed by atoms with Crippen LogP contribution >= 0.6 is 0 Å². The van der Waals surface area contributed by atoms with Crippen LogP contribution in [0.5, 0.6) is 5.75 Å². The van der Waals surface area contributed by atoms with Gasteiger partial charge in [0.2, 0.25) is 0 Å². The summed E-state index contributed by atoms with van der Waals surface area (Å²) in [5, 5.41) is 11.1. The molecule has 2 aromatic rings. The lowest BCUT2D eigenvalue weighted by atomic mass is 10.2. The molecule has 0 aliphatic carbocycles. The number of benzene rings is 1. The lowest BCUT2D eigenvalue weighted by molar-refractivity contribution is -0.385. The van der Waals surface area contributed by atoms with E-state index < -0.39 is 4.92 Å². The van der Waals surface area contributed by atoms with E-state index in [0.29, 0.717) is 12.4 Å². The van der Waals surface area contributed by atoms with Gasteiger partial charge in [-0.1, -0.05) is 0 Å². The molecular formula is C17H21N5O3. The largest absolute Gasteiger partial charge is 0.487 e. The van der Waals surface area contributed by atoms with Crippen molar-refractivity contribution in [3.05, 3.63) is 46.4 Å². The van der Waals surface area contributed by atoms with Gasteiger partial charge in [0, 0.05) is 50.2 Å². The summed E-state index contributed by atoms with van der Waals surface area (Å²) in [6.07, 6.45) is 1.77. The molecule has 1 aromatic heterocycles. The highest BCUT2D eigenvalue weighted by molar-refractivity contribution is 5.60. The molecule has 0 N–H and O–H groups in total. The first kappa shape index (κ1) is 16.9. The van der Waals surface area contributed by atoms with Crippen LogP contribution in [0.3, 0.4) is 0 Å². The Morgan fingerprint density at radius 1 is 1.20 bits per heavy atom. The monoisotopic (exact) mass is 343 g/mol. The van der Waals surface area contributed by atoms with Crippen molar-refractivity contribution in [1.82, 2.24) is 9.97 Å². The first-order valence-corrected chi connectivity index (χ1v) is 8.29. The zero-order valence-electron chi connectivity index (χ0n) is 14.4. The van der Waals surface area contributed by atoms with Gasteiger partial charge >= 0.3 is 5.69 Å². The Labute approximate surface area is 146 Å². The molecule has 1 aliphatic heterocycles. The van der Waals surface area contributed by atoms with E-state index in [9.17, 15) is 10.1 Å². The fraction of sp³-hybridized carbons (Fsp3) is 0.412. The second kappa shape index (κ2) is 7.33. The average Bonchev–Trinajstić information content (AvgIpc) is 2.62. The van der Waals surface area contributed by atoms with Gasteiger partial charge in [-0.3, -0.25) is 10.1 Å². The number of nitrogens with zero attached hydrogens (tertiary/aromatic N) is 5. The van der Waals surface area contributed by atoms with Gasteiger partial charge < -0.3 is 14.5 Å². The van der Waals surface area contributed by atoms with Crippen LogP contribution in [0.15, 0.2) is 30.5 Å². The van der Waals surface area contributed by atoms with Gasteiger partial charge in [-0.2, -0.15) is 0 Å². The van der Waals surface area contributed by atoms with E-state index in [-0.39, 0.29) is 5.69 Å². The molecule has 0 amide bonds. The van der Waals surface area contributed by atoms with Gasteiger partial charge in [0.05, 0.1) is 11.5 Å². The Balaban J connectivity index is 1.72. The molecule has 0 atom stereocenters. The van der Waals surface area contributed by atoms with Crippen molar-refractivity contribution in [2.75, 3.05) is 42.6 Å². The van der Waals surface area contributed by atoms with Crippen LogP contribution in [0, 0.1) is 17.0 Å². The van der Waals surface area contributed by atoms with E-state index in [1.165, 1.54) is 6.07 Å². The van der Waals surface area contributed by atoms with Crippen molar-refractivity contribution in [2.24, 2.45) is 0 Å². The van der Waals surface area contributed by atoms with E-state index in [1.807, 2.05) is 19.9 Å². The molecule has 25 heavy (non-hydrogen) atoms. The number of hydrogen-bond acceptors (Lipinski definition) is 7. The Morgan fingerprint density at radius 3 is 2.56 bits per heavy atom. The number of rotatable bonds is 5. The minimum Gasteiger partial charge on any atom is -0.487 e. The normalized spacial score (nSPS) is 14.5. The van der Waals surface area contributed by atoms with E-state index in [0.717, 1.165) is 43.5 Å². The Bertz CT molecular complexity index is 760. The smallest absolute Gasteiger partial charge is 0.311 e. The van der Waals surface area contributed by atoms with Gasteiger partial charge in [0.15, 0.2) is 5.75 Å². The fourth-order valence-electron chi connectivity index (χ4n) is 2.94. The van der Waals surface area contributed by atoms with Crippen molar-refractivity contribution in [2.45, 2.75) is 13.8 Å². The molecule has 2 heterocycles. The molecule has 1 aliphatic rings. The maximum absolute atomic E-state index is 11.1. The zero-order valence-corrected chi connectivity index (χ0v) is 14.4. The van der Waals surface area contributed by atoms with Gasteiger partial charge in [-0.15, -0.1) is 0 Å². The molecule has 8 nitrogen and oxygen atoms in total. The van der Waals surface area contributed by atoms with E-state index in [2.05, 4.69) is 19.8 Å². The fourth-order valence-corrected chi connectivity index (χ4v) is 2.94. The van der Waals surface area contributed by atoms with Crippen molar-refractivity contribution >= 4 is 17.2 Å². The Morgan fingerprint density at radius 2 is 1.92 bits per heavy atom. The summed E-state index contributed by atoms with van der Waals surface area (Å²) in [6, 6.07) is 6.97. The number of nitro groups is 1. The first-order chi connectivity index (χ1) is 12.1. The van der Waals surface area contributed by atoms with Crippen LogP contribution in [-0.4, -0.2) is 47.7 Å². The third-order valence-electron chi connectivity index (χ3n) is 4.17. The van der Waals surface area contributed by atoms with Crippen molar-refractivity contribution < 1.29 is 9.66 Å². The van der Waals surface area contributed by atoms with Crippen LogP contribution in [0.1, 0.15) is 12.7 Å². The Hall–Kier alpha value is -2.90. The summed E-state index contributed by atoms with van der Waals surface area (Å²) in [7, 11) is 0. The minimum absolute atomic E-state index is 0.000645. The number of aromatic nitrogens is 2. The van der Waals surface area contributed by atoms with Crippen LogP contribution in [-0.2, 0) is 0 Å². The third kappa shape index (κ3) is 3.78. The van der Waals surface area contributed by atoms with E-state index >= 15 is 0 Å². The molecule has 3 rings (SSSR count). The molecule has 0 saturated carbocycles. The first-order valence-electron chi connectivity index (χ1n) is 8.29. The number of aryl methyl sites for hydroxylation is 1. The SMILES string of the molecule is CCOc1cc(N2CCN(c3ccnc(C)n3)CC2)ccc1[N+](=O)[O-]. The number of ether oxygens (including phenoxy) is 1. The number of nitro benzene ring substituents is 1. The summed E-state index contributed by atoms with van der Waals surface area (Å²) < 4.78 is 5.44. The molecule has 1 saturated heterocycles. The summed E-state index contributed by atoms with van der Waals surface area (Å²) in [5.41, 5.74) is 0.938. The van der Waals surface area contributed by atoms with Crippen molar-refractivity contribution in [1.29, 1.82) is 0 Å². The van der Waals surface area contributed by atoms with E-state index in [4.69, 9.17) is 4.74 Å². The summed E-state index contributed by atoms with van der Waals surface area (Å²) in [5.74, 6) is 2.02. The highest BCUT2D eigenvalue weighted by Crippen LogP contribution is 2.32. The van der Waals surface area contributed by atoms with Gasteiger partial charge in [-0.25, -0.2) is 9.97 Å². The number of hydrogen-bond donors (Lipinski definition) is 0. The quantitative estimate of drug-likeness (QED) is 0.609. The molecule has 0 bridgehead atoms. The molecule has 8 heteroatoms. The highest BCUT2D eigenvalue weighted by atomic mass is 16.6.